The summed E-state index contributed by atoms with van der Waals surface area (Å²) in [5.74, 6) is 0. The molecule has 1 unspecified atom stereocenters. The largest absolute Gasteiger partial charge is 0.414 e. The molecular weight excluding hydrogens is 209 g/mol. The maximum atomic E-state index is 11.9. The Bertz CT molecular complexity index is 148. The molecule has 0 spiro atoms. The molecule has 0 saturated heterocycles. The summed E-state index contributed by atoms with van der Waals surface area (Å²) in [5, 5.41) is 8.68. The number of rotatable bonds is 8. The van der Waals surface area contributed by atoms with E-state index in [9.17, 15) is 13.2 Å². The molecule has 1 N–H and O–H groups in total. The maximum Gasteiger partial charge on any atom is 0.414 e. The Labute approximate surface area is 88.4 Å². The third-order valence-electron chi connectivity index (χ3n) is 2.20. The van der Waals surface area contributed by atoms with Crippen LogP contribution in [0.15, 0.2) is 0 Å². The van der Waals surface area contributed by atoms with Gasteiger partial charge in [0.2, 0.25) is 0 Å². The summed E-state index contributed by atoms with van der Waals surface area (Å²) in [4.78, 5) is 0. The highest BCUT2D eigenvalue weighted by Gasteiger charge is 2.37. The molecule has 0 saturated carbocycles. The van der Waals surface area contributed by atoms with Crippen LogP contribution in [-0.2, 0) is 4.74 Å². The lowest BCUT2D eigenvalue weighted by atomic mass is 10.1. The summed E-state index contributed by atoms with van der Waals surface area (Å²) >= 11 is 0. The molecule has 0 aromatic carbocycles. The monoisotopic (exact) mass is 228 g/mol. The van der Waals surface area contributed by atoms with Crippen LogP contribution in [0.25, 0.3) is 0 Å². The van der Waals surface area contributed by atoms with Crippen molar-refractivity contribution in [2.45, 2.75) is 50.8 Å². The van der Waals surface area contributed by atoms with Crippen molar-refractivity contribution in [2.24, 2.45) is 0 Å². The lowest BCUT2D eigenvalue weighted by Crippen LogP contribution is -2.28. The minimum absolute atomic E-state index is 0.187. The van der Waals surface area contributed by atoms with E-state index in [0.717, 1.165) is 25.7 Å². The van der Waals surface area contributed by atoms with Gasteiger partial charge < -0.3 is 9.84 Å². The molecule has 0 rings (SSSR count). The molecule has 5 heteroatoms. The molecule has 0 aliphatic heterocycles. The normalized spacial score (nSPS) is 14.2. The Balaban J connectivity index is 3.24. The van der Waals surface area contributed by atoms with E-state index < -0.39 is 12.3 Å². The molecule has 0 aromatic heterocycles. The van der Waals surface area contributed by atoms with Crippen LogP contribution in [0.3, 0.4) is 0 Å². The molecule has 2 nitrogen and oxygen atoms in total. The highest BCUT2D eigenvalue weighted by atomic mass is 19.4. The van der Waals surface area contributed by atoms with Gasteiger partial charge in [-0.05, 0) is 12.8 Å². The fourth-order valence-electron chi connectivity index (χ4n) is 1.28. The van der Waals surface area contributed by atoms with Gasteiger partial charge in [-0.2, -0.15) is 13.2 Å². The average Bonchev–Trinajstić information content (AvgIpc) is 2.14. The van der Waals surface area contributed by atoms with Gasteiger partial charge >= 0.3 is 6.18 Å². The van der Waals surface area contributed by atoms with Crippen LogP contribution in [0, 0.1) is 0 Å². The minimum Gasteiger partial charge on any atom is -0.385 e. The maximum absolute atomic E-state index is 11.9. The number of aliphatic hydroxyl groups excluding tert-OH is 1. The molecule has 0 amide bonds. The van der Waals surface area contributed by atoms with Crippen molar-refractivity contribution in [3.05, 3.63) is 0 Å². The smallest absolute Gasteiger partial charge is 0.385 e. The Morgan fingerprint density at radius 2 is 1.60 bits per heavy atom. The second kappa shape index (κ2) is 7.93. The first-order valence-electron chi connectivity index (χ1n) is 5.22. The van der Waals surface area contributed by atoms with Crippen molar-refractivity contribution in [3.63, 3.8) is 0 Å². The van der Waals surface area contributed by atoms with Crippen LogP contribution >= 0.6 is 0 Å². The Morgan fingerprint density at radius 3 is 2.13 bits per heavy atom. The average molecular weight is 228 g/mol. The molecule has 0 aliphatic rings. The zero-order chi connectivity index (χ0) is 11.7. The number of hydrogen-bond donors (Lipinski definition) is 1. The van der Waals surface area contributed by atoms with E-state index >= 15 is 0 Å². The van der Waals surface area contributed by atoms with Gasteiger partial charge in [-0.3, -0.25) is 0 Å². The summed E-state index contributed by atoms with van der Waals surface area (Å²) in [7, 11) is 1.62. The number of aliphatic hydroxyl groups is 1. The lowest BCUT2D eigenvalue weighted by molar-refractivity contribution is -0.205. The van der Waals surface area contributed by atoms with Gasteiger partial charge in [0.05, 0.1) is 0 Å². The van der Waals surface area contributed by atoms with Gasteiger partial charge in [0, 0.05) is 13.7 Å². The molecule has 0 fully saturated rings. The summed E-state index contributed by atoms with van der Waals surface area (Å²) < 4.78 is 40.4. The molecule has 0 bridgehead atoms. The molecule has 15 heavy (non-hydrogen) atoms. The number of hydrogen-bond acceptors (Lipinski definition) is 2. The first-order valence-corrected chi connectivity index (χ1v) is 5.22. The van der Waals surface area contributed by atoms with E-state index in [4.69, 9.17) is 9.84 Å². The zero-order valence-corrected chi connectivity index (χ0v) is 9.02. The topological polar surface area (TPSA) is 29.5 Å². The van der Waals surface area contributed by atoms with Gasteiger partial charge in [0.15, 0.2) is 0 Å². The van der Waals surface area contributed by atoms with E-state index in [-0.39, 0.29) is 6.42 Å². The number of unbranched alkanes of at least 4 members (excludes halogenated alkanes) is 4. The zero-order valence-electron chi connectivity index (χ0n) is 9.02. The van der Waals surface area contributed by atoms with Crippen molar-refractivity contribution in [2.75, 3.05) is 13.7 Å². The van der Waals surface area contributed by atoms with Gasteiger partial charge in [-0.25, -0.2) is 0 Å². The second-order valence-electron chi connectivity index (χ2n) is 3.61. The third-order valence-corrected chi connectivity index (χ3v) is 2.20. The quantitative estimate of drug-likeness (QED) is 0.647. The molecule has 0 heterocycles. The van der Waals surface area contributed by atoms with Crippen LogP contribution in [0.2, 0.25) is 0 Å². The standard InChI is InChI=1S/C10H19F3O2/c1-15-8-6-4-2-3-5-7-9(14)10(11,12)13/h9,14H,2-8H2,1H3. The molecule has 0 radical (unpaired) electrons. The first kappa shape index (κ1) is 14.7. The van der Waals surface area contributed by atoms with Crippen molar-refractivity contribution < 1.29 is 23.0 Å². The number of alkyl halides is 3. The van der Waals surface area contributed by atoms with Gasteiger partial charge in [-0.1, -0.05) is 25.7 Å². The van der Waals surface area contributed by atoms with Gasteiger partial charge in [-0.15, -0.1) is 0 Å². The van der Waals surface area contributed by atoms with Gasteiger partial charge in [0.25, 0.3) is 0 Å². The first-order chi connectivity index (χ1) is 6.98. The van der Waals surface area contributed by atoms with Crippen molar-refractivity contribution in [1.82, 2.24) is 0 Å². The number of halogens is 3. The third kappa shape index (κ3) is 8.69. The van der Waals surface area contributed by atoms with Crippen molar-refractivity contribution in [1.29, 1.82) is 0 Å². The summed E-state index contributed by atoms with van der Waals surface area (Å²) in [6, 6.07) is 0. The van der Waals surface area contributed by atoms with E-state index in [0.29, 0.717) is 13.0 Å². The Kier molecular flexibility index (Phi) is 7.78. The minimum atomic E-state index is -4.46. The number of methoxy groups -OCH3 is 1. The molecular formula is C10H19F3O2. The summed E-state index contributed by atoms with van der Waals surface area (Å²) in [6.07, 6.45) is -2.84. The van der Waals surface area contributed by atoms with Crippen LogP contribution in [0.1, 0.15) is 38.5 Å². The van der Waals surface area contributed by atoms with E-state index in [1.54, 1.807) is 7.11 Å². The fraction of sp³-hybridized carbons (Fsp3) is 1.00. The van der Waals surface area contributed by atoms with Crippen LogP contribution in [0.4, 0.5) is 13.2 Å². The van der Waals surface area contributed by atoms with E-state index in [2.05, 4.69) is 0 Å². The van der Waals surface area contributed by atoms with Gasteiger partial charge in [0.1, 0.15) is 6.10 Å². The van der Waals surface area contributed by atoms with Crippen molar-refractivity contribution in [3.8, 4) is 0 Å². The molecule has 0 aliphatic carbocycles. The molecule has 0 aromatic rings. The van der Waals surface area contributed by atoms with Crippen LogP contribution in [-0.4, -0.2) is 31.1 Å². The Hall–Kier alpha value is -0.290. The predicted octanol–water partition coefficient (Wildman–Crippen LogP) is 2.90. The van der Waals surface area contributed by atoms with E-state index in [1.165, 1.54) is 0 Å². The highest BCUT2D eigenvalue weighted by Crippen LogP contribution is 2.23. The molecule has 1 atom stereocenters. The van der Waals surface area contributed by atoms with Crippen LogP contribution in [0.5, 0.6) is 0 Å². The Morgan fingerprint density at radius 1 is 1.07 bits per heavy atom. The van der Waals surface area contributed by atoms with Crippen LogP contribution < -0.4 is 0 Å². The summed E-state index contributed by atoms with van der Waals surface area (Å²) in [5.41, 5.74) is 0. The second-order valence-corrected chi connectivity index (χ2v) is 3.61. The number of ether oxygens (including phenoxy) is 1. The summed E-state index contributed by atoms with van der Waals surface area (Å²) in [6.45, 7) is 0.700. The fourth-order valence-corrected chi connectivity index (χ4v) is 1.28. The van der Waals surface area contributed by atoms with E-state index in [1.807, 2.05) is 0 Å². The van der Waals surface area contributed by atoms with Crippen molar-refractivity contribution >= 4 is 0 Å². The predicted molar refractivity (Wildman–Crippen MR) is 51.6 cm³/mol. The SMILES string of the molecule is COCCCCCCCC(O)C(F)(F)F. The molecule has 92 valence electrons. The highest BCUT2D eigenvalue weighted by molar-refractivity contribution is 4.64. The lowest BCUT2D eigenvalue weighted by Gasteiger charge is -2.13.